The number of aromatic nitrogens is 2. The first kappa shape index (κ1) is 14.6. The lowest BCUT2D eigenvalue weighted by molar-refractivity contribution is 0.0643. The van der Waals surface area contributed by atoms with E-state index in [1.165, 1.54) is 0 Å². The molecule has 0 saturated carbocycles. The molecule has 6 heteroatoms. The number of nitrogens with one attached hydrogen (secondary N) is 1. The van der Waals surface area contributed by atoms with Gasteiger partial charge in [0.25, 0.3) is 0 Å². The molecule has 1 rings (SSSR count). The molecule has 5 nitrogen and oxygen atoms in total. The van der Waals surface area contributed by atoms with E-state index < -0.39 is 6.10 Å². The van der Waals surface area contributed by atoms with E-state index in [1.54, 1.807) is 7.11 Å². The molecule has 0 saturated heterocycles. The van der Waals surface area contributed by atoms with Crippen molar-refractivity contribution in [3.63, 3.8) is 0 Å². The summed E-state index contributed by atoms with van der Waals surface area (Å²) in [7, 11) is 1.58. The fourth-order valence-electron chi connectivity index (χ4n) is 1.65. The molecule has 0 aliphatic rings. The van der Waals surface area contributed by atoms with Crippen LogP contribution in [0.5, 0.6) is 0 Å². The number of aliphatic hydroxyl groups is 1. The zero-order chi connectivity index (χ0) is 12.8. The normalized spacial score (nSPS) is 13.0. The van der Waals surface area contributed by atoms with Crippen molar-refractivity contribution in [3.05, 3.63) is 15.9 Å². The SMILES string of the molecule is CCn1nc(C)c(Br)c1CNCC(O)COC. The van der Waals surface area contributed by atoms with Gasteiger partial charge >= 0.3 is 0 Å². The van der Waals surface area contributed by atoms with Crippen LogP contribution in [0, 0.1) is 6.92 Å². The Morgan fingerprint density at radius 1 is 1.59 bits per heavy atom. The number of nitrogens with zero attached hydrogens (tertiary/aromatic N) is 2. The van der Waals surface area contributed by atoms with Crippen molar-refractivity contribution in [2.75, 3.05) is 20.3 Å². The highest BCUT2D eigenvalue weighted by Gasteiger charge is 2.12. The molecule has 1 heterocycles. The van der Waals surface area contributed by atoms with Crippen LogP contribution in [0.4, 0.5) is 0 Å². The van der Waals surface area contributed by atoms with Crippen LogP contribution < -0.4 is 5.32 Å². The summed E-state index contributed by atoms with van der Waals surface area (Å²) in [4.78, 5) is 0. The van der Waals surface area contributed by atoms with Crippen LogP contribution in [0.2, 0.25) is 0 Å². The third-order valence-corrected chi connectivity index (χ3v) is 3.52. The molecule has 98 valence electrons. The molecule has 17 heavy (non-hydrogen) atoms. The molecular weight excluding hydrogens is 286 g/mol. The molecule has 0 fully saturated rings. The van der Waals surface area contributed by atoms with Gasteiger partial charge in [0.1, 0.15) is 0 Å². The number of methoxy groups -OCH3 is 1. The summed E-state index contributed by atoms with van der Waals surface area (Å²) in [6.45, 7) is 6.40. The van der Waals surface area contributed by atoms with Crippen molar-refractivity contribution in [3.8, 4) is 0 Å². The first-order valence-electron chi connectivity index (χ1n) is 5.69. The predicted octanol–water partition coefficient (Wildman–Crippen LogP) is 1.07. The van der Waals surface area contributed by atoms with E-state index in [9.17, 15) is 5.11 Å². The Bertz CT molecular complexity index is 355. The average Bonchev–Trinajstić information content (AvgIpc) is 2.57. The van der Waals surface area contributed by atoms with Crippen molar-refractivity contribution >= 4 is 15.9 Å². The molecule has 2 N–H and O–H groups in total. The predicted molar refractivity (Wildman–Crippen MR) is 69.9 cm³/mol. The number of rotatable bonds is 7. The maximum absolute atomic E-state index is 9.51. The summed E-state index contributed by atoms with van der Waals surface area (Å²) in [6, 6.07) is 0. The Balaban J connectivity index is 2.51. The molecule has 1 aromatic heterocycles. The van der Waals surface area contributed by atoms with Gasteiger partial charge in [0, 0.05) is 26.7 Å². The first-order valence-corrected chi connectivity index (χ1v) is 6.48. The molecule has 0 bridgehead atoms. The van der Waals surface area contributed by atoms with Gasteiger partial charge in [-0.05, 0) is 29.8 Å². The highest BCUT2D eigenvalue weighted by molar-refractivity contribution is 9.10. The monoisotopic (exact) mass is 305 g/mol. The molecule has 1 atom stereocenters. The van der Waals surface area contributed by atoms with Crippen LogP contribution in [0.25, 0.3) is 0 Å². The Hall–Kier alpha value is -0.430. The summed E-state index contributed by atoms with van der Waals surface area (Å²) in [6.07, 6.45) is -0.474. The highest BCUT2D eigenvalue weighted by atomic mass is 79.9. The number of aliphatic hydroxyl groups excluding tert-OH is 1. The van der Waals surface area contributed by atoms with Gasteiger partial charge in [0.05, 0.1) is 28.6 Å². The molecule has 0 amide bonds. The number of ether oxygens (including phenoxy) is 1. The molecule has 0 spiro atoms. The summed E-state index contributed by atoms with van der Waals surface area (Å²) < 4.78 is 7.85. The van der Waals surface area contributed by atoms with E-state index in [1.807, 2.05) is 11.6 Å². The van der Waals surface area contributed by atoms with Gasteiger partial charge in [0.15, 0.2) is 0 Å². The van der Waals surface area contributed by atoms with Gasteiger partial charge in [-0.3, -0.25) is 4.68 Å². The lowest BCUT2D eigenvalue weighted by Gasteiger charge is -2.11. The minimum absolute atomic E-state index is 0.347. The second-order valence-electron chi connectivity index (χ2n) is 3.90. The molecule has 0 aromatic carbocycles. The molecule has 0 radical (unpaired) electrons. The van der Waals surface area contributed by atoms with Gasteiger partial charge in [-0.15, -0.1) is 0 Å². The maximum Gasteiger partial charge on any atom is 0.0897 e. The molecule has 0 aliphatic heterocycles. The van der Waals surface area contributed by atoms with E-state index in [0.717, 1.165) is 22.4 Å². The smallest absolute Gasteiger partial charge is 0.0897 e. The minimum Gasteiger partial charge on any atom is -0.389 e. The molecular formula is C11H20BrN3O2. The summed E-state index contributed by atoms with van der Waals surface area (Å²) >= 11 is 3.53. The third-order valence-electron chi connectivity index (χ3n) is 2.48. The van der Waals surface area contributed by atoms with E-state index in [4.69, 9.17) is 4.74 Å². The second-order valence-corrected chi connectivity index (χ2v) is 4.69. The number of halogens is 1. The minimum atomic E-state index is -0.474. The van der Waals surface area contributed by atoms with Crippen LogP contribution in [-0.2, 0) is 17.8 Å². The zero-order valence-corrected chi connectivity index (χ0v) is 12.1. The van der Waals surface area contributed by atoms with Crippen LogP contribution in [-0.4, -0.2) is 41.3 Å². The lowest BCUT2D eigenvalue weighted by atomic mass is 10.3. The van der Waals surface area contributed by atoms with Crippen LogP contribution in [0.3, 0.4) is 0 Å². The van der Waals surface area contributed by atoms with E-state index in [-0.39, 0.29) is 0 Å². The van der Waals surface area contributed by atoms with Gasteiger partial charge in [-0.1, -0.05) is 0 Å². The number of aryl methyl sites for hydroxylation is 2. The van der Waals surface area contributed by atoms with E-state index >= 15 is 0 Å². The van der Waals surface area contributed by atoms with Crippen molar-refractivity contribution in [1.82, 2.24) is 15.1 Å². The maximum atomic E-state index is 9.51. The van der Waals surface area contributed by atoms with Crippen LogP contribution in [0.1, 0.15) is 18.3 Å². The summed E-state index contributed by atoms with van der Waals surface area (Å²) in [5.41, 5.74) is 2.09. The van der Waals surface area contributed by atoms with Crippen molar-refractivity contribution in [2.24, 2.45) is 0 Å². The molecule has 0 aliphatic carbocycles. The Kier molecular flexibility index (Phi) is 6.11. The van der Waals surface area contributed by atoms with Crippen molar-refractivity contribution in [1.29, 1.82) is 0 Å². The first-order chi connectivity index (χ1) is 8.10. The van der Waals surface area contributed by atoms with Crippen LogP contribution in [0.15, 0.2) is 4.47 Å². The van der Waals surface area contributed by atoms with Crippen molar-refractivity contribution in [2.45, 2.75) is 33.0 Å². The molecule has 1 aromatic rings. The van der Waals surface area contributed by atoms with E-state index in [2.05, 4.69) is 33.3 Å². The highest BCUT2D eigenvalue weighted by Crippen LogP contribution is 2.20. The second kappa shape index (κ2) is 7.10. The number of hydrogen-bond acceptors (Lipinski definition) is 4. The van der Waals surface area contributed by atoms with Gasteiger partial charge < -0.3 is 15.2 Å². The fraction of sp³-hybridized carbons (Fsp3) is 0.727. The molecule has 1 unspecified atom stereocenters. The van der Waals surface area contributed by atoms with E-state index in [0.29, 0.717) is 19.7 Å². The van der Waals surface area contributed by atoms with Gasteiger partial charge in [0.2, 0.25) is 0 Å². The Labute approximate surface area is 110 Å². The fourth-order valence-corrected chi connectivity index (χ4v) is 2.07. The summed E-state index contributed by atoms with van der Waals surface area (Å²) in [5, 5.41) is 17.1. The lowest BCUT2D eigenvalue weighted by Crippen LogP contribution is -2.30. The van der Waals surface area contributed by atoms with Gasteiger partial charge in [-0.2, -0.15) is 5.10 Å². The van der Waals surface area contributed by atoms with Crippen molar-refractivity contribution < 1.29 is 9.84 Å². The average molecular weight is 306 g/mol. The largest absolute Gasteiger partial charge is 0.389 e. The topological polar surface area (TPSA) is 59.3 Å². The Morgan fingerprint density at radius 3 is 2.88 bits per heavy atom. The Morgan fingerprint density at radius 2 is 2.29 bits per heavy atom. The quantitative estimate of drug-likeness (QED) is 0.791. The van der Waals surface area contributed by atoms with Crippen LogP contribution >= 0.6 is 15.9 Å². The number of hydrogen-bond donors (Lipinski definition) is 2. The standard InChI is InChI=1S/C11H20BrN3O2/c1-4-15-10(11(12)8(2)14-15)6-13-5-9(16)7-17-3/h9,13,16H,4-7H2,1-3H3. The summed E-state index contributed by atoms with van der Waals surface area (Å²) in [5.74, 6) is 0. The van der Waals surface area contributed by atoms with Gasteiger partial charge in [-0.25, -0.2) is 0 Å². The zero-order valence-electron chi connectivity index (χ0n) is 10.5. The third kappa shape index (κ3) is 4.06.